The molecule has 2 atom stereocenters. The minimum Gasteiger partial charge on any atom is -0.379 e. The van der Waals surface area contributed by atoms with Crippen molar-refractivity contribution in [1.82, 2.24) is 4.98 Å². The summed E-state index contributed by atoms with van der Waals surface area (Å²) in [4.78, 5) is 19.3. The van der Waals surface area contributed by atoms with Gasteiger partial charge in [0.25, 0.3) is 5.56 Å². The number of H-pyrrole nitrogens is 1. The molecular formula is C13H17N3O. The van der Waals surface area contributed by atoms with Crippen LogP contribution in [-0.4, -0.2) is 22.8 Å². The Morgan fingerprint density at radius 1 is 1.35 bits per heavy atom. The molecule has 2 N–H and O–H groups in total. The normalized spacial score (nSPS) is 27.2. The van der Waals surface area contributed by atoms with Crippen molar-refractivity contribution in [3.05, 3.63) is 28.2 Å². The monoisotopic (exact) mass is 231 g/mol. The van der Waals surface area contributed by atoms with E-state index in [0.29, 0.717) is 17.6 Å². The third-order valence-electron chi connectivity index (χ3n) is 3.75. The molecule has 90 valence electrons. The molecule has 4 heteroatoms. The van der Waals surface area contributed by atoms with Gasteiger partial charge in [0.05, 0.1) is 17.3 Å². The molecule has 2 heterocycles. The van der Waals surface area contributed by atoms with E-state index < -0.39 is 0 Å². The lowest BCUT2D eigenvalue weighted by Gasteiger charge is -2.28. The molecule has 0 aromatic carbocycles. The van der Waals surface area contributed by atoms with Gasteiger partial charge in [-0.2, -0.15) is 0 Å². The number of fused-ring (bicyclic) bond motifs is 2. The van der Waals surface area contributed by atoms with E-state index in [2.05, 4.69) is 10.3 Å². The van der Waals surface area contributed by atoms with Crippen LogP contribution < -0.4 is 10.9 Å². The lowest BCUT2D eigenvalue weighted by Crippen LogP contribution is -2.34. The Labute approximate surface area is 100 Å². The zero-order valence-corrected chi connectivity index (χ0v) is 9.99. The maximum Gasteiger partial charge on any atom is 0.259 e. The molecule has 0 spiro atoms. The van der Waals surface area contributed by atoms with Gasteiger partial charge < -0.3 is 10.3 Å². The van der Waals surface area contributed by atoms with Crippen molar-refractivity contribution in [2.75, 3.05) is 5.32 Å². The van der Waals surface area contributed by atoms with Crippen LogP contribution in [0, 0.1) is 0 Å². The number of nitrogens with zero attached hydrogens (tertiary/aromatic N) is 1. The maximum absolute atomic E-state index is 11.9. The molecule has 1 aromatic rings. The first kappa shape index (κ1) is 10.6. The Balaban J connectivity index is 2.11. The van der Waals surface area contributed by atoms with Crippen LogP contribution in [0.5, 0.6) is 0 Å². The highest BCUT2D eigenvalue weighted by Gasteiger charge is 2.28. The van der Waals surface area contributed by atoms with Crippen molar-refractivity contribution >= 4 is 11.4 Å². The summed E-state index contributed by atoms with van der Waals surface area (Å²) in [7, 11) is 0. The molecule has 0 saturated heterocycles. The maximum atomic E-state index is 11.9. The second-order valence-electron chi connectivity index (χ2n) is 4.91. The van der Waals surface area contributed by atoms with Crippen molar-refractivity contribution in [2.45, 2.75) is 44.7 Å². The van der Waals surface area contributed by atoms with Gasteiger partial charge in [-0.15, -0.1) is 0 Å². The van der Waals surface area contributed by atoms with E-state index in [0.717, 1.165) is 24.2 Å². The average Bonchev–Trinajstić information content (AvgIpc) is 2.45. The zero-order chi connectivity index (χ0) is 11.8. The van der Waals surface area contributed by atoms with Crippen LogP contribution in [0.1, 0.15) is 38.2 Å². The van der Waals surface area contributed by atoms with Crippen LogP contribution >= 0.6 is 0 Å². The van der Waals surface area contributed by atoms with Gasteiger partial charge >= 0.3 is 0 Å². The number of hydrogen-bond donors (Lipinski definition) is 2. The number of pyridine rings is 1. The molecule has 0 bridgehead atoms. The second-order valence-corrected chi connectivity index (χ2v) is 4.91. The van der Waals surface area contributed by atoms with Gasteiger partial charge in [0.1, 0.15) is 0 Å². The lowest BCUT2D eigenvalue weighted by atomic mass is 9.91. The zero-order valence-electron chi connectivity index (χ0n) is 9.99. The first-order chi connectivity index (χ1) is 8.25. The van der Waals surface area contributed by atoms with E-state index in [1.807, 2.05) is 13.0 Å². The van der Waals surface area contributed by atoms with Crippen LogP contribution in [0.25, 0.3) is 0 Å². The summed E-state index contributed by atoms with van der Waals surface area (Å²) in [5, 5.41) is 3.50. The Hall–Kier alpha value is -1.58. The number of rotatable bonds is 0. The van der Waals surface area contributed by atoms with Crippen LogP contribution in [0.2, 0.25) is 0 Å². The number of aliphatic imine (C=N–C) groups is 1. The molecule has 1 saturated carbocycles. The average molecular weight is 231 g/mol. The third-order valence-corrected chi connectivity index (χ3v) is 3.75. The highest BCUT2D eigenvalue weighted by atomic mass is 16.1. The van der Waals surface area contributed by atoms with Crippen LogP contribution in [0.4, 0.5) is 5.69 Å². The van der Waals surface area contributed by atoms with Crippen molar-refractivity contribution in [1.29, 1.82) is 0 Å². The molecule has 0 radical (unpaired) electrons. The minimum atomic E-state index is -0.0464. The standard InChI is InChI=1S/C13H17N3O/c1-8-12-11(6-7-14-13(12)17)16-10-5-3-2-4-9(10)15-8/h6-7,9-10,16H,2-5H2,1H3,(H,14,17)/t9-,10-/m0/s1. The SMILES string of the molecule is CC1=N[C@H]2CCCC[C@@H]2Nc2cc[nH]c(=O)c21. The number of hydrogen-bond acceptors (Lipinski definition) is 3. The molecule has 1 aromatic heterocycles. The number of aromatic nitrogens is 1. The molecule has 2 aliphatic rings. The van der Waals surface area contributed by atoms with Crippen molar-refractivity contribution in [2.24, 2.45) is 4.99 Å². The largest absolute Gasteiger partial charge is 0.379 e. The minimum absolute atomic E-state index is 0.0464. The van der Waals surface area contributed by atoms with Crippen molar-refractivity contribution < 1.29 is 0 Å². The van der Waals surface area contributed by atoms with Gasteiger partial charge in [0, 0.05) is 18.0 Å². The van der Waals surface area contributed by atoms with Crippen molar-refractivity contribution in [3.63, 3.8) is 0 Å². The fourth-order valence-electron chi connectivity index (χ4n) is 2.91. The summed E-state index contributed by atoms with van der Waals surface area (Å²) in [6.07, 6.45) is 6.47. The van der Waals surface area contributed by atoms with Crippen LogP contribution in [0.3, 0.4) is 0 Å². The topological polar surface area (TPSA) is 57.2 Å². The third kappa shape index (κ3) is 1.77. The fourth-order valence-corrected chi connectivity index (χ4v) is 2.91. The molecule has 3 rings (SSSR count). The predicted molar refractivity (Wildman–Crippen MR) is 68.9 cm³/mol. The summed E-state index contributed by atoms with van der Waals surface area (Å²) in [5.41, 5.74) is 2.46. The highest BCUT2D eigenvalue weighted by molar-refractivity contribution is 6.03. The van der Waals surface area contributed by atoms with E-state index >= 15 is 0 Å². The Morgan fingerprint density at radius 2 is 2.18 bits per heavy atom. The fraction of sp³-hybridized carbons (Fsp3) is 0.538. The predicted octanol–water partition coefficient (Wildman–Crippen LogP) is 1.92. The Kier molecular flexibility index (Phi) is 2.50. The van der Waals surface area contributed by atoms with Crippen molar-refractivity contribution in [3.8, 4) is 0 Å². The van der Waals surface area contributed by atoms with Gasteiger partial charge in [0.2, 0.25) is 0 Å². The summed E-state index contributed by atoms with van der Waals surface area (Å²) in [6.45, 7) is 1.94. The van der Waals surface area contributed by atoms with E-state index in [1.165, 1.54) is 12.8 Å². The lowest BCUT2D eigenvalue weighted by molar-refractivity contribution is 0.407. The van der Waals surface area contributed by atoms with E-state index in [4.69, 9.17) is 4.99 Å². The molecule has 1 fully saturated rings. The number of nitrogens with one attached hydrogen (secondary N) is 2. The van der Waals surface area contributed by atoms with Gasteiger partial charge in [-0.1, -0.05) is 12.8 Å². The summed E-state index contributed by atoms with van der Waals surface area (Å²) in [6, 6.07) is 2.66. The van der Waals surface area contributed by atoms with E-state index in [1.54, 1.807) is 6.20 Å². The summed E-state index contributed by atoms with van der Waals surface area (Å²) >= 11 is 0. The van der Waals surface area contributed by atoms with E-state index in [9.17, 15) is 4.79 Å². The van der Waals surface area contributed by atoms with Gasteiger partial charge in [0.15, 0.2) is 0 Å². The van der Waals surface area contributed by atoms with Gasteiger partial charge in [-0.3, -0.25) is 9.79 Å². The number of aromatic amines is 1. The van der Waals surface area contributed by atoms with Crippen LogP contribution in [0.15, 0.2) is 22.1 Å². The first-order valence-electron chi connectivity index (χ1n) is 6.29. The quantitative estimate of drug-likeness (QED) is 0.716. The molecule has 1 aliphatic heterocycles. The molecule has 0 amide bonds. The van der Waals surface area contributed by atoms with Crippen LogP contribution in [-0.2, 0) is 0 Å². The smallest absolute Gasteiger partial charge is 0.259 e. The molecule has 1 aliphatic carbocycles. The van der Waals surface area contributed by atoms with Gasteiger partial charge in [-0.05, 0) is 25.8 Å². The first-order valence-corrected chi connectivity index (χ1v) is 6.29. The van der Waals surface area contributed by atoms with Gasteiger partial charge in [-0.25, -0.2) is 0 Å². The Bertz CT molecular complexity index is 518. The molecule has 17 heavy (non-hydrogen) atoms. The molecular weight excluding hydrogens is 214 g/mol. The second kappa shape index (κ2) is 4.02. The summed E-state index contributed by atoms with van der Waals surface area (Å²) < 4.78 is 0. The van der Waals surface area contributed by atoms with E-state index in [-0.39, 0.29) is 5.56 Å². The molecule has 4 nitrogen and oxygen atoms in total. The Morgan fingerprint density at radius 3 is 3.06 bits per heavy atom. The summed E-state index contributed by atoms with van der Waals surface area (Å²) in [5.74, 6) is 0. The molecule has 0 unspecified atom stereocenters. The highest BCUT2D eigenvalue weighted by Crippen LogP contribution is 2.28. The number of anilines is 1.